The van der Waals surface area contributed by atoms with Crippen molar-refractivity contribution < 1.29 is 20.0 Å². The lowest BCUT2D eigenvalue weighted by Gasteiger charge is -2.13. The van der Waals surface area contributed by atoms with E-state index in [2.05, 4.69) is 13.6 Å². The second-order valence-electron chi connectivity index (χ2n) is 3.62. The number of nitrogens with two attached hydrogens (primary N) is 1. The Bertz CT molecular complexity index is 415. The fourth-order valence-corrected chi connectivity index (χ4v) is 1.68. The van der Waals surface area contributed by atoms with Gasteiger partial charge >= 0.3 is 5.97 Å². The summed E-state index contributed by atoms with van der Waals surface area (Å²) in [6.45, 7) is 3.58. The molecule has 0 aliphatic rings. The highest BCUT2D eigenvalue weighted by Crippen LogP contribution is 2.27. The van der Waals surface area contributed by atoms with Crippen molar-refractivity contribution in [3.05, 3.63) is 43.5 Å². The first-order valence-electron chi connectivity index (χ1n) is 5.28. The first-order chi connectivity index (χ1) is 8.13. The number of methoxy groups -OCH3 is 1. The van der Waals surface area contributed by atoms with E-state index in [0.29, 0.717) is 12.2 Å². The van der Waals surface area contributed by atoms with Gasteiger partial charge in [-0.3, -0.25) is 4.79 Å². The third-order valence-corrected chi connectivity index (χ3v) is 2.58. The fourth-order valence-electron chi connectivity index (χ4n) is 1.68. The van der Waals surface area contributed by atoms with E-state index in [1.54, 1.807) is 36.7 Å². The van der Waals surface area contributed by atoms with Gasteiger partial charge in [0, 0.05) is 6.07 Å². The SMILES string of the molecule is C=CCC(C(=O)O)c1ccc(OC)c([NH2+][CH2-])c1. The summed E-state index contributed by atoms with van der Waals surface area (Å²) in [6.07, 6.45) is 2.01. The quantitative estimate of drug-likeness (QED) is 0.445. The molecule has 4 nitrogen and oxygen atoms in total. The number of carboxylic acid groups (broad SMARTS) is 1. The van der Waals surface area contributed by atoms with Gasteiger partial charge in [-0.05, 0) is 18.1 Å². The van der Waals surface area contributed by atoms with Gasteiger partial charge in [-0.2, -0.15) is 0 Å². The molecule has 0 aliphatic heterocycles. The summed E-state index contributed by atoms with van der Waals surface area (Å²) >= 11 is 0. The standard InChI is InChI=1S/C13H17NO3/c1-4-5-10(13(15)16)9-6-7-12(17-3)11(8-9)14-2/h4,6-8,10H,1-2,5,14H2,3H3,(H,15,16). The van der Waals surface area contributed by atoms with Crippen LogP contribution in [0.2, 0.25) is 0 Å². The molecule has 0 aromatic heterocycles. The van der Waals surface area contributed by atoms with Gasteiger partial charge in [0.05, 0.1) is 13.0 Å². The van der Waals surface area contributed by atoms with Crippen molar-refractivity contribution in [3.8, 4) is 5.75 Å². The Balaban J connectivity index is 3.12. The zero-order chi connectivity index (χ0) is 12.8. The van der Waals surface area contributed by atoms with Crippen molar-refractivity contribution in [3.63, 3.8) is 0 Å². The van der Waals surface area contributed by atoms with E-state index in [0.717, 1.165) is 11.3 Å². The summed E-state index contributed by atoms with van der Waals surface area (Å²) in [6, 6.07) is 5.30. The number of ether oxygens (including phenoxy) is 1. The van der Waals surface area contributed by atoms with Gasteiger partial charge in [-0.25, -0.2) is 0 Å². The average Bonchev–Trinajstić information content (AvgIpc) is 2.34. The minimum absolute atomic E-state index is 0.401. The van der Waals surface area contributed by atoms with Crippen molar-refractivity contribution >= 4 is 11.7 Å². The maximum Gasteiger partial charge on any atom is 0.311 e. The predicted molar refractivity (Wildman–Crippen MR) is 65.1 cm³/mol. The lowest BCUT2D eigenvalue weighted by Crippen LogP contribution is -2.69. The number of hydrogen-bond acceptors (Lipinski definition) is 2. The average molecular weight is 235 g/mol. The smallest absolute Gasteiger partial charge is 0.311 e. The third-order valence-electron chi connectivity index (χ3n) is 2.58. The summed E-state index contributed by atoms with van der Waals surface area (Å²) in [4.78, 5) is 11.1. The highest BCUT2D eigenvalue weighted by molar-refractivity contribution is 5.77. The Hall–Kier alpha value is -1.81. The summed E-state index contributed by atoms with van der Waals surface area (Å²) < 4.78 is 5.15. The van der Waals surface area contributed by atoms with E-state index in [4.69, 9.17) is 9.84 Å². The third kappa shape index (κ3) is 3.07. The normalized spacial score (nSPS) is 11.9. The van der Waals surface area contributed by atoms with Gasteiger partial charge in [0.25, 0.3) is 0 Å². The lowest BCUT2D eigenvalue weighted by atomic mass is 9.95. The molecule has 0 amide bonds. The maximum atomic E-state index is 11.1. The summed E-state index contributed by atoms with van der Waals surface area (Å²) in [7, 11) is 5.25. The fraction of sp³-hybridized carbons (Fsp3) is 0.231. The maximum absolute atomic E-state index is 11.1. The van der Waals surface area contributed by atoms with E-state index in [9.17, 15) is 4.79 Å². The molecule has 1 rings (SSSR count). The highest BCUT2D eigenvalue weighted by Gasteiger charge is 2.19. The van der Waals surface area contributed by atoms with Crippen LogP contribution in [0.4, 0.5) is 5.69 Å². The summed E-state index contributed by atoms with van der Waals surface area (Å²) in [5.41, 5.74) is 1.52. The van der Waals surface area contributed by atoms with Crippen molar-refractivity contribution in [1.82, 2.24) is 0 Å². The van der Waals surface area contributed by atoms with Crippen molar-refractivity contribution in [1.29, 1.82) is 0 Å². The molecule has 17 heavy (non-hydrogen) atoms. The molecule has 1 atom stereocenters. The van der Waals surface area contributed by atoms with Crippen LogP contribution < -0.4 is 10.1 Å². The molecule has 0 saturated heterocycles. The van der Waals surface area contributed by atoms with Gasteiger partial charge in [-0.15, -0.1) is 13.6 Å². The van der Waals surface area contributed by atoms with Gasteiger partial charge in [0.15, 0.2) is 5.75 Å². The van der Waals surface area contributed by atoms with Gasteiger partial charge in [-0.1, -0.05) is 12.1 Å². The largest absolute Gasteiger partial charge is 0.491 e. The molecular formula is C13H17NO3. The Labute approximate surface area is 101 Å². The van der Waals surface area contributed by atoms with Gasteiger partial charge < -0.3 is 15.2 Å². The Morgan fingerprint density at radius 2 is 2.41 bits per heavy atom. The number of rotatable bonds is 6. The van der Waals surface area contributed by atoms with E-state index in [-0.39, 0.29) is 0 Å². The second-order valence-corrected chi connectivity index (χ2v) is 3.62. The Morgan fingerprint density at radius 1 is 1.71 bits per heavy atom. The zero-order valence-corrected chi connectivity index (χ0v) is 9.85. The number of carboxylic acids is 1. The van der Waals surface area contributed by atoms with Crippen LogP contribution in [0, 0.1) is 7.05 Å². The second kappa shape index (κ2) is 6.06. The van der Waals surface area contributed by atoms with E-state index in [1.165, 1.54) is 0 Å². The number of carbonyl (C=O) groups is 1. The minimum atomic E-state index is -0.856. The highest BCUT2D eigenvalue weighted by atomic mass is 16.5. The Kier molecular flexibility index (Phi) is 4.72. The molecule has 0 aliphatic carbocycles. The molecule has 0 saturated carbocycles. The van der Waals surface area contributed by atoms with Crippen LogP contribution in [0.5, 0.6) is 5.75 Å². The number of aliphatic carboxylic acids is 1. The number of benzene rings is 1. The van der Waals surface area contributed by atoms with E-state index in [1.807, 2.05) is 0 Å². The Morgan fingerprint density at radius 3 is 2.88 bits per heavy atom. The molecule has 3 N–H and O–H groups in total. The van der Waals surface area contributed by atoms with Gasteiger partial charge in [0.2, 0.25) is 0 Å². The number of allylic oxidation sites excluding steroid dienone is 1. The van der Waals surface area contributed by atoms with Crippen LogP contribution in [0.15, 0.2) is 30.9 Å². The van der Waals surface area contributed by atoms with Crippen LogP contribution in [0.25, 0.3) is 0 Å². The molecule has 0 heterocycles. The molecule has 0 spiro atoms. The van der Waals surface area contributed by atoms with Crippen LogP contribution >= 0.6 is 0 Å². The molecular weight excluding hydrogens is 218 g/mol. The van der Waals surface area contributed by atoms with Crippen molar-refractivity contribution in [2.45, 2.75) is 12.3 Å². The van der Waals surface area contributed by atoms with E-state index >= 15 is 0 Å². The molecule has 1 aromatic rings. The topological polar surface area (TPSA) is 63.1 Å². The summed E-state index contributed by atoms with van der Waals surface area (Å²) in [5, 5.41) is 10.8. The first-order valence-corrected chi connectivity index (χ1v) is 5.28. The van der Waals surface area contributed by atoms with Crippen LogP contribution in [-0.2, 0) is 4.79 Å². The molecule has 1 aromatic carbocycles. The molecule has 92 valence electrons. The van der Waals surface area contributed by atoms with Crippen LogP contribution in [-0.4, -0.2) is 18.2 Å². The monoisotopic (exact) mass is 235 g/mol. The van der Waals surface area contributed by atoms with E-state index < -0.39 is 11.9 Å². The van der Waals surface area contributed by atoms with Crippen LogP contribution in [0.3, 0.4) is 0 Å². The molecule has 1 unspecified atom stereocenters. The van der Waals surface area contributed by atoms with Crippen molar-refractivity contribution in [2.75, 3.05) is 7.11 Å². The molecule has 4 heteroatoms. The van der Waals surface area contributed by atoms with Gasteiger partial charge in [0.1, 0.15) is 5.69 Å². The molecule has 0 bridgehead atoms. The first kappa shape index (κ1) is 13.3. The number of hydrogen-bond donors (Lipinski definition) is 2. The lowest BCUT2D eigenvalue weighted by molar-refractivity contribution is -0.505. The molecule has 0 fully saturated rings. The van der Waals surface area contributed by atoms with Crippen molar-refractivity contribution in [2.24, 2.45) is 0 Å². The van der Waals surface area contributed by atoms with Crippen LogP contribution in [0.1, 0.15) is 17.9 Å². The predicted octanol–water partition coefficient (Wildman–Crippen LogP) is 1.43. The zero-order valence-electron chi connectivity index (χ0n) is 9.85. The summed E-state index contributed by atoms with van der Waals surface area (Å²) in [5.74, 6) is -0.742. The minimum Gasteiger partial charge on any atom is -0.491 e. The molecule has 0 radical (unpaired) electrons. The number of quaternary nitrogens is 1.